The molecule has 1 aromatic rings. The topological polar surface area (TPSA) is 55.6 Å². The quantitative estimate of drug-likeness (QED) is 0.812. The lowest BCUT2D eigenvalue weighted by atomic mass is 10.1. The highest BCUT2D eigenvalue weighted by Crippen LogP contribution is 2.20. The first-order valence-corrected chi connectivity index (χ1v) is 6.38. The number of nitrogen functional groups attached to an aromatic ring is 1. The molecule has 98 valence electrons. The molecule has 0 bridgehead atoms. The molecule has 4 nitrogen and oxygen atoms in total. The zero-order chi connectivity index (χ0) is 13.1. The van der Waals surface area contributed by atoms with Gasteiger partial charge in [0.1, 0.15) is 0 Å². The highest BCUT2D eigenvalue weighted by atomic mass is 16.5. The molecule has 0 radical (unpaired) electrons. The molecule has 1 unspecified atom stereocenters. The zero-order valence-electron chi connectivity index (χ0n) is 11.0. The Hall–Kier alpha value is -1.55. The molecule has 1 atom stereocenters. The van der Waals surface area contributed by atoms with Crippen LogP contribution in [-0.2, 0) is 4.74 Å². The van der Waals surface area contributed by atoms with E-state index in [0.717, 1.165) is 12.0 Å². The van der Waals surface area contributed by atoms with Gasteiger partial charge in [-0.15, -0.1) is 0 Å². The average molecular weight is 248 g/mol. The molecule has 0 aliphatic carbocycles. The Balaban J connectivity index is 2.26. The van der Waals surface area contributed by atoms with Crippen LogP contribution >= 0.6 is 0 Å². The van der Waals surface area contributed by atoms with Crippen molar-refractivity contribution in [3.63, 3.8) is 0 Å². The molecule has 18 heavy (non-hydrogen) atoms. The summed E-state index contributed by atoms with van der Waals surface area (Å²) in [5.41, 5.74) is 8.11. The molecule has 1 aliphatic heterocycles. The second kappa shape index (κ2) is 5.40. The summed E-state index contributed by atoms with van der Waals surface area (Å²) in [5.74, 6) is 0.0198. The summed E-state index contributed by atoms with van der Waals surface area (Å²) in [6, 6.07) is 5.73. The maximum absolute atomic E-state index is 12.5. The predicted molar refractivity (Wildman–Crippen MR) is 71.5 cm³/mol. The number of hydrogen-bond acceptors (Lipinski definition) is 3. The second-order valence-corrected chi connectivity index (χ2v) is 4.73. The summed E-state index contributed by atoms with van der Waals surface area (Å²) in [7, 11) is 0. The highest BCUT2D eigenvalue weighted by Gasteiger charge is 2.27. The minimum Gasteiger partial charge on any atom is -0.398 e. The van der Waals surface area contributed by atoms with Gasteiger partial charge in [0.15, 0.2) is 0 Å². The van der Waals surface area contributed by atoms with Gasteiger partial charge in [0.25, 0.3) is 5.91 Å². The van der Waals surface area contributed by atoms with Crippen molar-refractivity contribution in [1.29, 1.82) is 0 Å². The molecule has 2 rings (SSSR count). The standard InChI is InChI=1S/C14H20N2O2/c1-3-11-9-18-7-6-16(11)14(17)12-8-10(2)4-5-13(12)15/h4-5,8,11H,3,6-7,9,15H2,1-2H3. The van der Waals surface area contributed by atoms with E-state index in [0.29, 0.717) is 31.0 Å². The Morgan fingerprint density at radius 3 is 3.06 bits per heavy atom. The first kappa shape index (κ1) is 12.9. The molecule has 0 spiro atoms. The van der Waals surface area contributed by atoms with E-state index in [1.54, 1.807) is 6.07 Å². The van der Waals surface area contributed by atoms with E-state index in [2.05, 4.69) is 6.92 Å². The van der Waals surface area contributed by atoms with Crippen LogP contribution in [0.3, 0.4) is 0 Å². The molecular weight excluding hydrogens is 228 g/mol. The van der Waals surface area contributed by atoms with E-state index in [-0.39, 0.29) is 11.9 Å². The van der Waals surface area contributed by atoms with Crippen molar-refractivity contribution in [3.8, 4) is 0 Å². The summed E-state index contributed by atoms with van der Waals surface area (Å²) < 4.78 is 5.42. The number of morpholine rings is 1. The number of hydrogen-bond donors (Lipinski definition) is 1. The Kier molecular flexibility index (Phi) is 3.87. The highest BCUT2D eigenvalue weighted by molar-refractivity contribution is 5.99. The molecule has 1 amide bonds. The van der Waals surface area contributed by atoms with Crippen molar-refractivity contribution >= 4 is 11.6 Å². The zero-order valence-corrected chi connectivity index (χ0v) is 11.0. The van der Waals surface area contributed by atoms with Crippen LogP contribution in [0, 0.1) is 6.92 Å². The van der Waals surface area contributed by atoms with Gasteiger partial charge >= 0.3 is 0 Å². The van der Waals surface area contributed by atoms with E-state index in [1.165, 1.54) is 0 Å². The minimum atomic E-state index is 0.0198. The molecule has 2 N–H and O–H groups in total. The van der Waals surface area contributed by atoms with Gasteiger partial charge in [0, 0.05) is 12.2 Å². The van der Waals surface area contributed by atoms with Gasteiger partial charge < -0.3 is 15.4 Å². The van der Waals surface area contributed by atoms with Crippen LogP contribution in [0.15, 0.2) is 18.2 Å². The number of carbonyl (C=O) groups is 1. The fourth-order valence-corrected chi connectivity index (χ4v) is 2.27. The first-order chi connectivity index (χ1) is 8.63. The van der Waals surface area contributed by atoms with E-state index >= 15 is 0 Å². The Labute approximate surface area is 108 Å². The van der Waals surface area contributed by atoms with Gasteiger partial charge in [-0.25, -0.2) is 0 Å². The number of nitrogens with zero attached hydrogens (tertiary/aromatic N) is 1. The lowest BCUT2D eigenvalue weighted by molar-refractivity contribution is -0.00274. The van der Waals surface area contributed by atoms with Crippen molar-refractivity contribution in [2.24, 2.45) is 0 Å². The normalized spacial score (nSPS) is 19.9. The van der Waals surface area contributed by atoms with Crippen LogP contribution in [0.25, 0.3) is 0 Å². The minimum absolute atomic E-state index is 0.0198. The molecule has 0 aromatic heterocycles. The largest absolute Gasteiger partial charge is 0.398 e. The number of anilines is 1. The average Bonchev–Trinajstić information content (AvgIpc) is 2.40. The number of carbonyl (C=O) groups excluding carboxylic acids is 1. The lowest BCUT2D eigenvalue weighted by Gasteiger charge is -2.35. The van der Waals surface area contributed by atoms with Crippen molar-refractivity contribution in [2.75, 3.05) is 25.5 Å². The lowest BCUT2D eigenvalue weighted by Crippen LogP contribution is -2.48. The fourth-order valence-electron chi connectivity index (χ4n) is 2.27. The van der Waals surface area contributed by atoms with E-state index in [4.69, 9.17) is 10.5 Å². The van der Waals surface area contributed by atoms with Crippen molar-refractivity contribution in [3.05, 3.63) is 29.3 Å². The SMILES string of the molecule is CCC1COCCN1C(=O)c1cc(C)ccc1N. The van der Waals surface area contributed by atoms with Gasteiger partial charge in [-0.2, -0.15) is 0 Å². The number of benzene rings is 1. The molecule has 0 saturated carbocycles. The summed E-state index contributed by atoms with van der Waals surface area (Å²) in [6.45, 7) is 5.90. The third-order valence-electron chi connectivity index (χ3n) is 3.40. The Bertz CT molecular complexity index is 445. The van der Waals surface area contributed by atoms with Gasteiger partial charge in [-0.1, -0.05) is 18.6 Å². The molecule has 1 aliphatic rings. The van der Waals surface area contributed by atoms with Gasteiger partial charge in [-0.3, -0.25) is 4.79 Å². The molecule has 1 saturated heterocycles. The van der Waals surface area contributed by atoms with E-state index in [1.807, 2.05) is 24.0 Å². The number of amides is 1. The van der Waals surface area contributed by atoms with Gasteiger partial charge in [0.2, 0.25) is 0 Å². The summed E-state index contributed by atoms with van der Waals surface area (Å²) >= 11 is 0. The number of rotatable bonds is 2. The van der Waals surface area contributed by atoms with E-state index < -0.39 is 0 Å². The van der Waals surface area contributed by atoms with E-state index in [9.17, 15) is 4.79 Å². The third kappa shape index (κ3) is 2.48. The number of ether oxygens (including phenoxy) is 1. The monoisotopic (exact) mass is 248 g/mol. The van der Waals surface area contributed by atoms with Crippen LogP contribution < -0.4 is 5.73 Å². The third-order valence-corrected chi connectivity index (χ3v) is 3.40. The number of aryl methyl sites for hydroxylation is 1. The van der Waals surface area contributed by atoms with Crippen molar-refractivity contribution in [1.82, 2.24) is 4.90 Å². The van der Waals surface area contributed by atoms with Crippen LogP contribution in [0.1, 0.15) is 29.3 Å². The van der Waals surface area contributed by atoms with Gasteiger partial charge in [-0.05, 0) is 25.5 Å². The van der Waals surface area contributed by atoms with Crippen LogP contribution in [0.5, 0.6) is 0 Å². The molecule has 1 heterocycles. The van der Waals surface area contributed by atoms with Gasteiger partial charge in [0.05, 0.1) is 24.8 Å². The van der Waals surface area contributed by atoms with Crippen molar-refractivity contribution in [2.45, 2.75) is 26.3 Å². The summed E-state index contributed by atoms with van der Waals surface area (Å²) in [4.78, 5) is 14.4. The second-order valence-electron chi connectivity index (χ2n) is 4.73. The van der Waals surface area contributed by atoms with Crippen LogP contribution in [0.4, 0.5) is 5.69 Å². The first-order valence-electron chi connectivity index (χ1n) is 6.38. The predicted octanol–water partition coefficient (Wildman–Crippen LogP) is 1.83. The Morgan fingerprint density at radius 2 is 2.33 bits per heavy atom. The molecule has 4 heteroatoms. The van der Waals surface area contributed by atoms with Crippen LogP contribution in [-0.4, -0.2) is 36.6 Å². The maximum Gasteiger partial charge on any atom is 0.256 e. The Morgan fingerprint density at radius 1 is 1.56 bits per heavy atom. The summed E-state index contributed by atoms with van der Waals surface area (Å²) in [6.07, 6.45) is 0.900. The molecular formula is C14H20N2O2. The smallest absolute Gasteiger partial charge is 0.256 e. The number of nitrogens with two attached hydrogens (primary N) is 1. The van der Waals surface area contributed by atoms with Crippen LogP contribution in [0.2, 0.25) is 0 Å². The maximum atomic E-state index is 12.5. The van der Waals surface area contributed by atoms with Crippen molar-refractivity contribution < 1.29 is 9.53 Å². The fraction of sp³-hybridized carbons (Fsp3) is 0.500. The molecule has 1 aromatic carbocycles. The summed E-state index contributed by atoms with van der Waals surface area (Å²) in [5, 5.41) is 0. The molecule has 1 fully saturated rings.